The van der Waals surface area contributed by atoms with Gasteiger partial charge in [0, 0.05) is 66.1 Å². The zero-order valence-electron chi connectivity index (χ0n) is 32.3. The summed E-state index contributed by atoms with van der Waals surface area (Å²) < 4.78 is 5.45. The quantitative estimate of drug-likeness (QED) is 0.124. The van der Waals surface area contributed by atoms with Gasteiger partial charge in [0.05, 0.1) is 18.5 Å². The Kier molecular flexibility index (Phi) is 15.1. The number of para-hydroxylation sites is 1. The van der Waals surface area contributed by atoms with Gasteiger partial charge in [-0.25, -0.2) is 9.97 Å². The van der Waals surface area contributed by atoms with Gasteiger partial charge in [0.2, 0.25) is 12.3 Å². The molecule has 0 radical (unpaired) electrons. The Morgan fingerprint density at radius 1 is 0.830 bits per heavy atom. The van der Waals surface area contributed by atoms with Gasteiger partial charge in [0.25, 0.3) is 0 Å². The van der Waals surface area contributed by atoms with Crippen molar-refractivity contribution in [3.8, 4) is 28.3 Å². The second-order valence-electron chi connectivity index (χ2n) is 15.0. The number of amides is 2. The van der Waals surface area contributed by atoms with Crippen LogP contribution in [0.2, 0.25) is 0 Å². The minimum Gasteiger partial charge on any atom is -0.496 e. The molecule has 6 rings (SSSR count). The van der Waals surface area contributed by atoms with Crippen molar-refractivity contribution in [2.24, 2.45) is 11.8 Å². The maximum atomic E-state index is 11.8. The molecule has 9 nitrogen and oxygen atoms in total. The Labute approximate surface area is 324 Å². The van der Waals surface area contributed by atoms with E-state index in [4.69, 9.17) is 14.7 Å². The first-order valence-electron chi connectivity index (χ1n) is 19.2. The SMILES string of the molecule is CC(C)N(C=O)C1CCC(CNc2nc(-c3ccccc3)cs2)CC1.COc1ccccc1-c1csc(NC2CCC(CN(C(C)=O)C(C)C)CC2)n1. The van der Waals surface area contributed by atoms with E-state index in [9.17, 15) is 9.59 Å². The summed E-state index contributed by atoms with van der Waals surface area (Å²) in [6, 6.07) is 19.7. The van der Waals surface area contributed by atoms with Gasteiger partial charge < -0.3 is 25.2 Å². The number of anilines is 2. The summed E-state index contributed by atoms with van der Waals surface area (Å²) in [5.41, 5.74) is 4.18. The van der Waals surface area contributed by atoms with Crippen LogP contribution >= 0.6 is 22.7 Å². The zero-order valence-corrected chi connectivity index (χ0v) is 33.9. The number of ether oxygens (including phenoxy) is 1. The number of carbonyl (C=O) groups is 2. The highest BCUT2D eigenvalue weighted by Crippen LogP contribution is 2.34. The van der Waals surface area contributed by atoms with Crippen molar-refractivity contribution in [2.45, 2.75) is 110 Å². The van der Waals surface area contributed by atoms with Crippen LogP contribution in [-0.2, 0) is 9.59 Å². The highest BCUT2D eigenvalue weighted by atomic mass is 32.1. The fourth-order valence-corrected chi connectivity index (χ4v) is 9.09. The van der Waals surface area contributed by atoms with E-state index in [2.05, 4.69) is 61.2 Å². The molecule has 2 saturated carbocycles. The predicted octanol–water partition coefficient (Wildman–Crippen LogP) is 9.69. The summed E-state index contributed by atoms with van der Waals surface area (Å²) in [6.07, 6.45) is 10.1. The number of hydrogen-bond donors (Lipinski definition) is 2. The van der Waals surface area contributed by atoms with Crippen molar-refractivity contribution < 1.29 is 14.3 Å². The summed E-state index contributed by atoms with van der Waals surface area (Å²) in [4.78, 5) is 36.5. The van der Waals surface area contributed by atoms with E-state index in [1.165, 1.54) is 12.8 Å². The van der Waals surface area contributed by atoms with Gasteiger partial charge in [-0.1, -0.05) is 42.5 Å². The van der Waals surface area contributed by atoms with E-state index in [1.807, 2.05) is 52.3 Å². The van der Waals surface area contributed by atoms with E-state index in [1.54, 1.807) is 36.7 Å². The molecule has 0 bridgehead atoms. The third kappa shape index (κ3) is 11.5. The Bertz CT molecular complexity index is 1690. The molecule has 286 valence electrons. The van der Waals surface area contributed by atoms with Crippen molar-refractivity contribution in [1.82, 2.24) is 19.8 Å². The molecule has 2 heterocycles. The molecule has 0 atom stereocenters. The predicted molar refractivity (Wildman–Crippen MR) is 221 cm³/mol. The number of aromatic nitrogens is 2. The summed E-state index contributed by atoms with van der Waals surface area (Å²) in [5.74, 6) is 2.30. The first-order chi connectivity index (χ1) is 25.6. The maximum absolute atomic E-state index is 11.8. The molecule has 0 saturated heterocycles. The summed E-state index contributed by atoms with van der Waals surface area (Å²) in [7, 11) is 1.69. The first-order valence-corrected chi connectivity index (χ1v) is 21.0. The van der Waals surface area contributed by atoms with Crippen LogP contribution in [0.25, 0.3) is 22.5 Å². The monoisotopic (exact) mass is 758 g/mol. The van der Waals surface area contributed by atoms with Crippen LogP contribution in [0.5, 0.6) is 5.75 Å². The fraction of sp³-hybridized carbons (Fsp3) is 0.524. The summed E-state index contributed by atoms with van der Waals surface area (Å²) in [5, 5.41) is 13.3. The molecule has 2 aromatic carbocycles. The Balaban J connectivity index is 0.000000206. The van der Waals surface area contributed by atoms with E-state index in [0.29, 0.717) is 30.0 Å². The number of rotatable bonds is 14. The van der Waals surface area contributed by atoms with Crippen molar-refractivity contribution >= 4 is 45.3 Å². The van der Waals surface area contributed by atoms with Crippen molar-refractivity contribution in [3.05, 3.63) is 65.4 Å². The molecule has 2 aliphatic rings. The van der Waals surface area contributed by atoms with Gasteiger partial charge in [-0.3, -0.25) is 9.59 Å². The zero-order chi connectivity index (χ0) is 37.7. The number of benzene rings is 2. The fourth-order valence-electron chi connectivity index (χ4n) is 7.57. The average Bonchev–Trinajstić information content (AvgIpc) is 3.85. The van der Waals surface area contributed by atoms with Crippen LogP contribution in [0.15, 0.2) is 65.4 Å². The van der Waals surface area contributed by atoms with Crippen LogP contribution in [-0.4, -0.2) is 76.5 Å². The van der Waals surface area contributed by atoms with Gasteiger partial charge in [-0.15, -0.1) is 22.7 Å². The molecular weight excluding hydrogens is 701 g/mol. The van der Waals surface area contributed by atoms with Crippen LogP contribution in [0, 0.1) is 11.8 Å². The van der Waals surface area contributed by atoms with E-state index in [0.717, 1.165) is 96.6 Å². The molecule has 0 spiro atoms. The van der Waals surface area contributed by atoms with Crippen LogP contribution in [0.1, 0.15) is 86.0 Å². The maximum Gasteiger partial charge on any atom is 0.219 e. The average molecular weight is 759 g/mol. The molecule has 2 fully saturated rings. The molecule has 2 aromatic heterocycles. The lowest BCUT2D eigenvalue weighted by atomic mass is 9.85. The van der Waals surface area contributed by atoms with Crippen molar-refractivity contribution in [2.75, 3.05) is 30.8 Å². The summed E-state index contributed by atoms with van der Waals surface area (Å²) >= 11 is 3.31. The molecule has 11 heteroatoms. The Morgan fingerprint density at radius 3 is 2.09 bits per heavy atom. The van der Waals surface area contributed by atoms with Crippen molar-refractivity contribution in [3.63, 3.8) is 0 Å². The number of hydrogen-bond acceptors (Lipinski definition) is 9. The number of methoxy groups -OCH3 is 1. The number of carbonyl (C=O) groups excluding carboxylic acids is 2. The van der Waals surface area contributed by atoms with E-state index in [-0.39, 0.29) is 11.9 Å². The summed E-state index contributed by atoms with van der Waals surface area (Å²) in [6.45, 7) is 11.9. The molecule has 0 unspecified atom stereocenters. The van der Waals surface area contributed by atoms with Gasteiger partial charge in [-0.05, 0) is 103 Å². The molecule has 2 amide bonds. The minimum absolute atomic E-state index is 0.182. The minimum atomic E-state index is 0.182. The van der Waals surface area contributed by atoms with Crippen LogP contribution < -0.4 is 15.4 Å². The molecule has 4 aromatic rings. The number of nitrogens with zero attached hydrogens (tertiary/aromatic N) is 4. The first kappa shape index (κ1) is 40.2. The lowest BCUT2D eigenvalue weighted by Crippen LogP contribution is -2.42. The molecule has 0 aliphatic heterocycles. The Hall–Kier alpha value is -3.96. The lowest BCUT2D eigenvalue weighted by molar-refractivity contribution is -0.131. The van der Waals surface area contributed by atoms with Gasteiger partial charge in [-0.2, -0.15) is 0 Å². The number of thiazole rings is 2. The lowest BCUT2D eigenvalue weighted by Gasteiger charge is -2.37. The largest absolute Gasteiger partial charge is 0.496 e. The third-order valence-corrected chi connectivity index (χ3v) is 12.2. The van der Waals surface area contributed by atoms with E-state index < -0.39 is 0 Å². The molecule has 53 heavy (non-hydrogen) atoms. The second-order valence-corrected chi connectivity index (χ2v) is 16.7. The third-order valence-electron chi connectivity index (χ3n) is 10.6. The van der Waals surface area contributed by atoms with Gasteiger partial charge in [0.1, 0.15) is 5.75 Å². The van der Waals surface area contributed by atoms with Crippen LogP contribution in [0.3, 0.4) is 0 Å². The second kappa shape index (κ2) is 19.9. The smallest absolute Gasteiger partial charge is 0.219 e. The van der Waals surface area contributed by atoms with Gasteiger partial charge >= 0.3 is 0 Å². The molecule has 2 aliphatic carbocycles. The van der Waals surface area contributed by atoms with Gasteiger partial charge in [0.15, 0.2) is 10.3 Å². The highest BCUT2D eigenvalue weighted by Gasteiger charge is 2.27. The van der Waals surface area contributed by atoms with Crippen LogP contribution in [0.4, 0.5) is 10.3 Å². The van der Waals surface area contributed by atoms with Crippen molar-refractivity contribution in [1.29, 1.82) is 0 Å². The Morgan fingerprint density at radius 2 is 1.45 bits per heavy atom. The molecular formula is C42H58N6O3S2. The standard InChI is InChI=1S/C22H31N3O2S.C20H27N3OS/c1-15(2)25(16(3)26)13-17-9-11-18(12-10-17)23-22-24-20(14-28-22)19-7-5-6-8-21(19)27-4;1-15(2)23(14-24)18-10-8-16(9-11-18)12-21-20-22-19(13-25-20)17-6-4-3-5-7-17/h5-8,14-15,17-18H,9-13H2,1-4H3,(H,23,24);3-7,13-16,18H,8-12H2,1-2H3,(H,21,22). The number of nitrogens with one attached hydrogen (secondary N) is 2. The normalized spacial score (nSPS) is 19.9. The molecule has 2 N–H and O–H groups in total. The van der Waals surface area contributed by atoms with E-state index >= 15 is 0 Å². The highest BCUT2D eigenvalue weighted by molar-refractivity contribution is 7.14. The topological polar surface area (TPSA) is 99.7 Å².